The van der Waals surface area contributed by atoms with Crippen LogP contribution in [-0.2, 0) is 11.4 Å². The van der Waals surface area contributed by atoms with Crippen molar-refractivity contribution in [3.8, 4) is 5.75 Å². The van der Waals surface area contributed by atoms with E-state index in [1.54, 1.807) is 6.07 Å². The van der Waals surface area contributed by atoms with Crippen molar-refractivity contribution >= 4 is 11.8 Å². The molecule has 0 saturated heterocycles. The summed E-state index contributed by atoms with van der Waals surface area (Å²) in [6, 6.07) is 16.9. The number of hydrogen-bond donors (Lipinski definition) is 2. The highest BCUT2D eigenvalue weighted by Gasteiger charge is 2.29. The molecule has 2 amide bonds. The fourth-order valence-corrected chi connectivity index (χ4v) is 2.49. The second-order valence-electron chi connectivity index (χ2n) is 6.08. The van der Waals surface area contributed by atoms with Crippen LogP contribution in [-0.4, -0.2) is 24.9 Å². The average Bonchev–Trinajstić information content (AvgIpc) is 3.49. The van der Waals surface area contributed by atoms with Crippen molar-refractivity contribution < 1.29 is 14.3 Å². The molecule has 1 aliphatic carbocycles. The van der Waals surface area contributed by atoms with Gasteiger partial charge in [0.2, 0.25) is 5.91 Å². The van der Waals surface area contributed by atoms with Gasteiger partial charge in [-0.2, -0.15) is 0 Å². The van der Waals surface area contributed by atoms with E-state index in [0.29, 0.717) is 25.3 Å². The molecular weight excluding hydrogens is 316 g/mol. The van der Waals surface area contributed by atoms with Crippen LogP contribution in [0.4, 0.5) is 0 Å². The van der Waals surface area contributed by atoms with Crippen LogP contribution >= 0.6 is 0 Å². The molecular formula is C20H22N2O3. The van der Waals surface area contributed by atoms with E-state index in [0.717, 1.165) is 24.2 Å². The number of nitrogens with one attached hydrogen (secondary N) is 2. The molecule has 0 unspecified atom stereocenters. The van der Waals surface area contributed by atoms with Crippen molar-refractivity contribution in [3.63, 3.8) is 0 Å². The van der Waals surface area contributed by atoms with Crippen LogP contribution in [0.3, 0.4) is 0 Å². The molecule has 2 aromatic carbocycles. The molecule has 0 spiro atoms. The first-order valence-corrected chi connectivity index (χ1v) is 8.55. The molecule has 0 heterocycles. The van der Waals surface area contributed by atoms with Gasteiger partial charge in [0.05, 0.1) is 0 Å². The van der Waals surface area contributed by atoms with E-state index in [1.807, 2.05) is 48.5 Å². The van der Waals surface area contributed by atoms with Crippen LogP contribution in [0.25, 0.3) is 0 Å². The highest BCUT2D eigenvalue weighted by Crippen LogP contribution is 2.28. The molecule has 2 N–H and O–H groups in total. The SMILES string of the molecule is O=C(NCCNC(=O)C1CC1)c1ccccc1COc1ccccc1. The largest absolute Gasteiger partial charge is 0.489 e. The van der Waals surface area contributed by atoms with Gasteiger partial charge in [0.25, 0.3) is 5.91 Å². The predicted molar refractivity (Wildman–Crippen MR) is 95.3 cm³/mol. The molecule has 3 rings (SSSR count). The fraction of sp³-hybridized carbons (Fsp3) is 0.300. The zero-order valence-electron chi connectivity index (χ0n) is 14.0. The lowest BCUT2D eigenvalue weighted by molar-refractivity contribution is -0.122. The van der Waals surface area contributed by atoms with Gasteiger partial charge in [0.15, 0.2) is 0 Å². The van der Waals surface area contributed by atoms with E-state index in [-0.39, 0.29) is 17.7 Å². The summed E-state index contributed by atoms with van der Waals surface area (Å²) < 4.78 is 5.74. The van der Waals surface area contributed by atoms with Gasteiger partial charge in [-0.25, -0.2) is 0 Å². The van der Waals surface area contributed by atoms with Gasteiger partial charge in [0.1, 0.15) is 12.4 Å². The molecule has 5 heteroatoms. The van der Waals surface area contributed by atoms with E-state index in [9.17, 15) is 9.59 Å². The monoisotopic (exact) mass is 338 g/mol. The first-order valence-electron chi connectivity index (χ1n) is 8.55. The Hall–Kier alpha value is -2.82. The third kappa shape index (κ3) is 5.08. The van der Waals surface area contributed by atoms with Crippen LogP contribution < -0.4 is 15.4 Å². The van der Waals surface area contributed by atoms with Crippen molar-refractivity contribution in [2.75, 3.05) is 13.1 Å². The minimum absolute atomic E-state index is 0.0888. The fourth-order valence-electron chi connectivity index (χ4n) is 2.49. The molecule has 130 valence electrons. The maximum atomic E-state index is 12.4. The summed E-state index contributed by atoms with van der Waals surface area (Å²) in [6.45, 7) is 1.18. The summed E-state index contributed by atoms with van der Waals surface area (Å²) in [5.74, 6) is 0.880. The molecule has 1 saturated carbocycles. The smallest absolute Gasteiger partial charge is 0.251 e. The average molecular weight is 338 g/mol. The quantitative estimate of drug-likeness (QED) is 0.727. The Morgan fingerprint density at radius 3 is 2.36 bits per heavy atom. The van der Waals surface area contributed by atoms with Crippen LogP contribution in [0, 0.1) is 5.92 Å². The molecule has 0 radical (unpaired) electrons. The van der Waals surface area contributed by atoms with E-state index in [4.69, 9.17) is 4.74 Å². The molecule has 0 atom stereocenters. The lowest BCUT2D eigenvalue weighted by atomic mass is 10.1. The Morgan fingerprint density at radius 2 is 1.60 bits per heavy atom. The van der Waals surface area contributed by atoms with Gasteiger partial charge < -0.3 is 15.4 Å². The van der Waals surface area contributed by atoms with Crippen LogP contribution in [0.5, 0.6) is 5.75 Å². The second kappa shape index (κ2) is 8.33. The van der Waals surface area contributed by atoms with Crippen LogP contribution in [0.2, 0.25) is 0 Å². The van der Waals surface area contributed by atoms with E-state index in [2.05, 4.69) is 10.6 Å². The van der Waals surface area contributed by atoms with Gasteiger partial charge in [-0.05, 0) is 31.0 Å². The van der Waals surface area contributed by atoms with E-state index < -0.39 is 0 Å². The number of amides is 2. The number of carbonyl (C=O) groups is 2. The van der Waals surface area contributed by atoms with Gasteiger partial charge in [-0.3, -0.25) is 9.59 Å². The molecule has 1 aliphatic rings. The zero-order chi connectivity index (χ0) is 17.5. The van der Waals surface area contributed by atoms with E-state index >= 15 is 0 Å². The minimum atomic E-state index is -0.159. The van der Waals surface area contributed by atoms with Crippen molar-refractivity contribution in [3.05, 3.63) is 65.7 Å². The maximum Gasteiger partial charge on any atom is 0.251 e. The van der Waals surface area contributed by atoms with Crippen molar-refractivity contribution in [2.45, 2.75) is 19.4 Å². The molecule has 0 bridgehead atoms. The van der Waals surface area contributed by atoms with Crippen LogP contribution in [0.15, 0.2) is 54.6 Å². The summed E-state index contributed by atoms with van der Waals surface area (Å²) >= 11 is 0. The van der Waals surface area contributed by atoms with Gasteiger partial charge in [-0.1, -0.05) is 36.4 Å². The van der Waals surface area contributed by atoms with E-state index in [1.165, 1.54) is 0 Å². The van der Waals surface area contributed by atoms with Gasteiger partial charge >= 0.3 is 0 Å². The van der Waals surface area contributed by atoms with Gasteiger partial charge in [0, 0.05) is 30.1 Å². The first-order chi connectivity index (χ1) is 12.2. The predicted octanol–water partition coefficient (Wildman–Crippen LogP) is 2.52. The van der Waals surface area contributed by atoms with Crippen molar-refractivity contribution in [2.24, 2.45) is 5.92 Å². The highest BCUT2D eigenvalue weighted by atomic mass is 16.5. The Morgan fingerprint density at radius 1 is 0.920 bits per heavy atom. The minimum Gasteiger partial charge on any atom is -0.489 e. The Kier molecular flexibility index (Phi) is 5.67. The number of hydrogen-bond acceptors (Lipinski definition) is 3. The summed E-state index contributed by atoms with van der Waals surface area (Å²) in [5, 5.41) is 5.68. The molecule has 2 aromatic rings. The number of para-hydroxylation sites is 1. The molecule has 0 aliphatic heterocycles. The third-order valence-corrected chi connectivity index (χ3v) is 4.06. The number of ether oxygens (including phenoxy) is 1. The summed E-state index contributed by atoms with van der Waals surface area (Å²) in [6.07, 6.45) is 1.96. The van der Waals surface area contributed by atoms with Gasteiger partial charge in [-0.15, -0.1) is 0 Å². The molecule has 25 heavy (non-hydrogen) atoms. The topological polar surface area (TPSA) is 67.4 Å². The second-order valence-corrected chi connectivity index (χ2v) is 6.08. The number of rotatable bonds is 8. The number of benzene rings is 2. The third-order valence-electron chi connectivity index (χ3n) is 4.06. The standard InChI is InChI=1S/C20H22N2O3/c23-19(15-10-11-15)21-12-13-22-20(24)18-9-5-4-6-16(18)14-25-17-7-2-1-3-8-17/h1-9,15H,10-14H2,(H,21,23)(H,22,24). The molecule has 1 fully saturated rings. The highest BCUT2D eigenvalue weighted by molar-refractivity contribution is 5.95. The lowest BCUT2D eigenvalue weighted by Crippen LogP contribution is -2.35. The molecule has 0 aromatic heterocycles. The maximum absolute atomic E-state index is 12.4. The summed E-state index contributed by atoms with van der Waals surface area (Å²) in [5.41, 5.74) is 1.41. The van der Waals surface area contributed by atoms with Crippen molar-refractivity contribution in [1.82, 2.24) is 10.6 Å². The Labute approximate surface area is 147 Å². The normalized spacial score (nSPS) is 13.1. The summed E-state index contributed by atoms with van der Waals surface area (Å²) in [4.78, 5) is 23.9. The lowest BCUT2D eigenvalue weighted by Gasteiger charge is -2.12. The Bertz CT molecular complexity index is 727. The van der Waals surface area contributed by atoms with Crippen LogP contribution in [0.1, 0.15) is 28.8 Å². The number of carbonyl (C=O) groups excluding carboxylic acids is 2. The Balaban J connectivity index is 1.50. The van der Waals surface area contributed by atoms with Crippen molar-refractivity contribution in [1.29, 1.82) is 0 Å². The first kappa shape index (κ1) is 17.0. The molecule has 5 nitrogen and oxygen atoms in total. The summed E-state index contributed by atoms with van der Waals surface area (Å²) in [7, 11) is 0. The zero-order valence-corrected chi connectivity index (χ0v) is 14.0.